The number of nitrogens with zero attached hydrogens (tertiary/aromatic N) is 1. The topological polar surface area (TPSA) is 74.2 Å². The fourth-order valence-corrected chi connectivity index (χ4v) is 1.66. The van der Waals surface area contributed by atoms with E-state index in [-0.39, 0.29) is 13.2 Å². The van der Waals surface area contributed by atoms with Gasteiger partial charge in [-0.15, -0.1) is 0 Å². The molecule has 24 heavy (non-hydrogen) atoms. The first-order chi connectivity index (χ1) is 11.3. The number of methoxy groups -OCH3 is 1. The Kier molecular flexibility index (Phi) is 7.68. The van der Waals surface area contributed by atoms with E-state index in [2.05, 4.69) is 9.73 Å². The molecule has 0 saturated carbocycles. The number of aliphatic imine (C=N–C) groups is 1. The number of hydrogen-bond acceptors (Lipinski definition) is 6. The predicted octanol–water partition coefficient (Wildman–Crippen LogP) is 2.56. The van der Waals surface area contributed by atoms with Gasteiger partial charge in [0.25, 0.3) is 0 Å². The molecule has 0 spiro atoms. The Labute approximate surface area is 142 Å². The second kappa shape index (κ2) is 9.50. The minimum absolute atomic E-state index is 0.0617. The van der Waals surface area contributed by atoms with Crippen molar-refractivity contribution in [2.45, 2.75) is 26.4 Å². The molecule has 0 radical (unpaired) electrons. The lowest BCUT2D eigenvalue weighted by atomic mass is 10.2. The third kappa shape index (κ3) is 8.12. The van der Waals surface area contributed by atoms with Gasteiger partial charge >= 0.3 is 11.9 Å². The molecule has 6 nitrogen and oxygen atoms in total. The van der Waals surface area contributed by atoms with Crippen molar-refractivity contribution in [3.63, 3.8) is 0 Å². The third-order valence-electron chi connectivity index (χ3n) is 2.58. The van der Waals surface area contributed by atoms with E-state index in [1.54, 1.807) is 39.1 Å². The lowest BCUT2D eigenvalue weighted by Gasteiger charge is -2.18. The van der Waals surface area contributed by atoms with Gasteiger partial charge in [-0.1, -0.05) is 12.1 Å². The van der Waals surface area contributed by atoms with Crippen molar-refractivity contribution >= 4 is 18.2 Å². The SMILES string of the molecule is COC(=O)/C=C/COc1ccccc1C=NCC(=O)OC(C)(C)C. The first kappa shape index (κ1) is 19.4. The van der Waals surface area contributed by atoms with Gasteiger partial charge < -0.3 is 14.2 Å². The highest BCUT2D eigenvalue weighted by Gasteiger charge is 2.15. The quantitative estimate of drug-likeness (QED) is 0.435. The number of carbonyl (C=O) groups excluding carboxylic acids is 2. The van der Waals surface area contributed by atoms with Crippen molar-refractivity contribution in [3.8, 4) is 5.75 Å². The van der Waals surface area contributed by atoms with Crippen LogP contribution in [-0.2, 0) is 19.1 Å². The zero-order chi connectivity index (χ0) is 18.0. The van der Waals surface area contributed by atoms with E-state index in [0.29, 0.717) is 5.75 Å². The van der Waals surface area contributed by atoms with Crippen molar-refractivity contribution in [2.24, 2.45) is 4.99 Å². The van der Waals surface area contributed by atoms with Crippen LogP contribution < -0.4 is 4.74 Å². The highest BCUT2D eigenvalue weighted by atomic mass is 16.6. The molecule has 6 heteroatoms. The fraction of sp³-hybridized carbons (Fsp3) is 0.389. The number of rotatable bonds is 7. The van der Waals surface area contributed by atoms with Gasteiger partial charge in [0.05, 0.1) is 7.11 Å². The highest BCUT2D eigenvalue weighted by Crippen LogP contribution is 2.16. The second-order valence-corrected chi connectivity index (χ2v) is 5.83. The van der Waals surface area contributed by atoms with Crippen molar-refractivity contribution in [3.05, 3.63) is 42.0 Å². The maximum Gasteiger partial charge on any atom is 0.330 e. The average molecular weight is 333 g/mol. The summed E-state index contributed by atoms with van der Waals surface area (Å²) in [7, 11) is 1.31. The van der Waals surface area contributed by atoms with Crippen LogP contribution in [0.4, 0.5) is 0 Å². The number of ether oxygens (including phenoxy) is 3. The van der Waals surface area contributed by atoms with Crippen LogP contribution in [0, 0.1) is 0 Å². The van der Waals surface area contributed by atoms with E-state index < -0.39 is 17.5 Å². The third-order valence-corrected chi connectivity index (χ3v) is 2.58. The van der Waals surface area contributed by atoms with Crippen molar-refractivity contribution < 1.29 is 23.8 Å². The van der Waals surface area contributed by atoms with Crippen LogP contribution in [-0.4, -0.2) is 44.0 Å². The molecule has 0 atom stereocenters. The van der Waals surface area contributed by atoms with Gasteiger partial charge in [0, 0.05) is 17.9 Å². The van der Waals surface area contributed by atoms with E-state index in [0.717, 1.165) is 5.56 Å². The molecule has 0 aromatic heterocycles. The summed E-state index contributed by atoms with van der Waals surface area (Å²) in [5, 5.41) is 0. The minimum Gasteiger partial charge on any atom is -0.489 e. The summed E-state index contributed by atoms with van der Waals surface area (Å²) in [6.07, 6.45) is 4.41. The number of hydrogen-bond donors (Lipinski definition) is 0. The van der Waals surface area contributed by atoms with Crippen LogP contribution >= 0.6 is 0 Å². The largest absolute Gasteiger partial charge is 0.489 e. The summed E-state index contributed by atoms with van der Waals surface area (Å²) >= 11 is 0. The van der Waals surface area contributed by atoms with E-state index in [4.69, 9.17) is 9.47 Å². The molecule has 0 bridgehead atoms. The van der Waals surface area contributed by atoms with Gasteiger partial charge in [0.15, 0.2) is 0 Å². The molecule has 0 fully saturated rings. The zero-order valence-corrected chi connectivity index (χ0v) is 14.4. The monoisotopic (exact) mass is 333 g/mol. The number of esters is 2. The molecule has 1 rings (SSSR count). The Bertz CT molecular complexity index is 614. The molecule has 0 aliphatic heterocycles. The number of benzene rings is 1. The maximum atomic E-state index is 11.6. The lowest BCUT2D eigenvalue weighted by molar-refractivity contribution is -0.152. The van der Waals surface area contributed by atoms with Crippen LogP contribution in [0.3, 0.4) is 0 Å². The van der Waals surface area contributed by atoms with Gasteiger partial charge in [-0.05, 0) is 39.0 Å². The fourth-order valence-electron chi connectivity index (χ4n) is 1.66. The van der Waals surface area contributed by atoms with E-state index in [1.165, 1.54) is 13.2 Å². The van der Waals surface area contributed by atoms with Crippen LogP contribution in [0.2, 0.25) is 0 Å². The summed E-state index contributed by atoms with van der Waals surface area (Å²) in [6.45, 7) is 5.57. The van der Waals surface area contributed by atoms with Gasteiger partial charge in [0.1, 0.15) is 24.5 Å². The number of carbonyl (C=O) groups is 2. The van der Waals surface area contributed by atoms with Gasteiger partial charge in [-0.25, -0.2) is 4.79 Å². The maximum absolute atomic E-state index is 11.6. The molecule has 0 saturated heterocycles. The summed E-state index contributed by atoms with van der Waals surface area (Å²) < 4.78 is 15.2. The number of para-hydroxylation sites is 1. The van der Waals surface area contributed by atoms with Crippen LogP contribution in [0.5, 0.6) is 5.75 Å². The van der Waals surface area contributed by atoms with E-state index in [1.807, 2.05) is 18.2 Å². The molecule has 0 amide bonds. The lowest BCUT2D eigenvalue weighted by Crippen LogP contribution is -2.25. The molecule has 1 aromatic rings. The van der Waals surface area contributed by atoms with Gasteiger partial charge in [0.2, 0.25) is 0 Å². The molecule has 0 unspecified atom stereocenters. The van der Waals surface area contributed by atoms with Gasteiger partial charge in [-0.3, -0.25) is 9.79 Å². The van der Waals surface area contributed by atoms with Crippen molar-refractivity contribution in [1.29, 1.82) is 0 Å². The Hall–Kier alpha value is -2.63. The molecule has 0 aliphatic rings. The van der Waals surface area contributed by atoms with Crippen LogP contribution in [0.25, 0.3) is 0 Å². The smallest absolute Gasteiger partial charge is 0.330 e. The highest BCUT2D eigenvalue weighted by molar-refractivity contribution is 5.85. The zero-order valence-electron chi connectivity index (χ0n) is 14.4. The van der Waals surface area contributed by atoms with Crippen LogP contribution in [0.15, 0.2) is 41.4 Å². The molecule has 130 valence electrons. The molecule has 0 aliphatic carbocycles. The first-order valence-corrected chi connectivity index (χ1v) is 7.50. The second-order valence-electron chi connectivity index (χ2n) is 5.83. The van der Waals surface area contributed by atoms with Crippen molar-refractivity contribution in [1.82, 2.24) is 0 Å². The normalized spacial score (nSPS) is 11.7. The minimum atomic E-state index is -0.528. The standard InChI is InChI=1S/C18H23NO5/c1-18(2,3)24-17(21)13-19-12-14-8-5-6-9-15(14)23-11-7-10-16(20)22-4/h5-10,12H,11,13H2,1-4H3/b10-7+,19-12?. The summed E-state index contributed by atoms with van der Waals surface area (Å²) in [5.74, 6) is -0.232. The van der Waals surface area contributed by atoms with Crippen LogP contribution in [0.1, 0.15) is 26.3 Å². The summed E-state index contributed by atoms with van der Waals surface area (Å²) in [6, 6.07) is 7.26. The molecule has 0 heterocycles. The average Bonchev–Trinajstić information content (AvgIpc) is 2.50. The first-order valence-electron chi connectivity index (χ1n) is 7.50. The predicted molar refractivity (Wildman–Crippen MR) is 91.4 cm³/mol. The Morgan fingerprint density at radius 3 is 2.58 bits per heavy atom. The Morgan fingerprint density at radius 2 is 1.92 bits per heavy atom. The molecular formula is C18H23NO5. The van der Waals surface area contributed by atoms with Gasteiger partial charge in [-0.2, -0.15) is 0 Å². The Morgan fingerprint density at radius 1 is 1.21 bits per heavy atom. The molecular weight excluding hydrogens is 310 g/mol. The van der Waals surface area contributed by atoms with E-state index in [9.17, 15) is 9.59 Å². The molecule has 0 N–H and O–H groups in total. The summed E-state index contributed by atoms with van der Waals surface area (Å²) in [5.41, 5.74) is 0.201. The van der Waals surface area contributed by atoms with Crippen molar-refractivity contribution in [2.75, 3.05) is 20.3 Å². The Balaban J connectivity index is 2.60. The summed E-state index contributed by atoms with van der Waals surface area (Å²) in [4.78, 5) is 26.7. The van der Waals surface area contributed by atoms with E-state index >= 15 is 0 Å². The molecule has 1 aromatic carbocycles.